The predicted octanol–water partition coefficient (Wildman–Crippen LogP) is -6.17. The average molecular weight is 315 g/mol. The number of halogens is 2. The van der Waals surface area contributed by atoms with Crippen molar-refractivity contribution in [2.24, 2.45) is 0 Å². The molecule has 92 valence electrons. The Morgan fingerprint density at radius 1 is 0.632 bits per heavy atom. The Hall–Kier alpha value is 0.814. The number of benzene rings is 2. The second kappa shape index (κ2) is 12.5. The third-order valence-corrected chi connectivity index (χ3v) is 3.44. The van der Waals surface area contributed by atoms with Crippen LogP contribution in [0.3, 0.4) is 0 Å². The molecule has 0 amide bonds. The summed E-state index contributed by atoms with van der Waals surface area (Å²) in [5.41, 5.74) is 2.63. The van der Waals surface area contributed by atoms with Crippen LogP contribution in [0, 0.1) is 13.8 Å². The first-order valence-electron chi connectivity index (χ1n) is 5.09. The van der Waals surface area contributed by atoms with Gasteiger partial charge < -0.3 is 33.4 Å². The van der Waals surface area contributed by atoms with Gasteiger partial charge in [0.2, 0.25) is 0 Å². The van der Waals surface area contributed by atoms with E-state index in [1.165, 1.54) is 30.3 Å². The largest absolute Gasteiger partial charge is 2.00 e. The molecule has 5 heteroatoms. The second-order valence-electron chi connectivity index (χ2n) is 3.78. The van der Waals surface area contributed by atoms with Crippen molar-refractivity contribution < 1.29 is 43.7 Å². The van der Waals surface area contributed by atoms with Gasteiger partial charge in [-0.2, -0.15) is 0 Å². The van der Waals surface area contributed by atoms with Crippen LogP contribution < -0.4 is 54.3 Å². The van der Waals surface area contributed by atoms with Gasteiger partial charge >= 0.3 is 41.9 Å². The molecule has 0 nitrogen and oxygen atoms in total. The molecule has 2 rings (SSSR count). The van der Waals surface area contributed by atoms with Gasteiger partial charge in [0.25, 0.3) is 0 Å². The van der Waals surface area contributed by atoms with E-state index in [0.29, 0.717) is 0 Å². The van der Waals surface area contributed by atoms with E-state index >= 15 is 0 Å². The fourth-order valence-corrected chi connectivity index (χ4v) is 2.28. The van der Waals surface area contributed by atoms with Gasteiger partial charge in [-0.25, -0.2) is 10.6 Å². The number of aryl methyl sites for hydroxylation is 2. The van der Waals surface area contributed by atoms with Crippen LogP contribution in [0.15, 0.2) is 48.5 Å². The SMILES string of the molecule is Cc1ccc([P-]c2ccc(C)cc2)cc1.[Cl-].[Cl-].[Li+].[Mg+2]. The normalized spacial score (nSPS) is 8.11. The van der Waals surface area contributed by atoms with E-state index < -0.39 is 0 Å². The minimum Gasteiger partial charge on any atom is -1.00 e. The summed E-state index contributed by atoms with van der Waals surface area (Å²) in [6, 6.07) is 17.4. The standard InChI is InChI=1S/C14H14P.2ClH.Li.Mg/c1-11-3-7-13(8-4-11)15-14-9-5-12(2)6-10-14;;;;/h3-10H,1-2H3;2*1H;;/q-1;;;+1;+2/p-2. The maximum absolute atomic E-state index is 2.19. The van der Waals surface area contributed by atoms with Gasteiger partial charge in [-0.05, 0) is 13.8 Å². The van der Waals surface area contributed by atoms with E-state index in [9.17, 15) is 0 Å². The zero-order chi connectivity index (χ0) is 10.7. The Bertz CT molecular complexity index is 403. The first-order valence-corrected chi connectivity index (χ1v) is 5.98. The molecule has 0 bridgehead atoms. The minimum atomic E-state index is 0. The first kappa shape index (κ1) is 24.8. The van der Waals surface area contributed by atoms with Crippen LogP contribution in [0.1, 0.15) is 11.1 Å². The fourth-order valence-electron chi connectivity index (χ4n) is 1.39. The van der Waals surface area contributed by atoms with Gasteiger partial charge in [0.05, 0.1) is 0 Å². The predicted molar refractivity (Wildman–Crippen MR) is 74.3 cm³/mol. The van der Waals surface area contributed by atoms with Crippen molar-refractivity contribution in [3.8, 4) is 0 Å². The van der Waals surface area contributed by atoms with Crippen molar-refractivity contribution in [3.63, 3.8) is 0 Å². The Kier molecular flexibility index (Phi) is 16.4. The summed E-state index contributed by atoms with van der Waals surface area (Å²) in [7, 11) is 1.29. The number of hydrogen-bond donors (Lipinski definition) is 0. The summed E-state index contributed by atoms with van der Waals surface area (Å²) >= 11 is 0. The smallest absolute Gasteiger partial charge is 1.00 e. The van der Waals surface area contributed by atoms with E-state index in [1.54, 1.807) is 0 Å². The van der Waals surface area contributed by atoms with Crippen molar-refractivity contribution in [3.05, 3.63) is 59.7 Å². The van der Waals surface area contributed by atoms with Gasteiger partial charge in [-0.1, -0.05) is 59.7 Å². The molecule has 0 aliphatic heterocycles. The molecule has 2 aromatic rings. The van der Waals surface area contributed by atoms with Crippen molar-refractivity contribution >= 4 is 42.2 Å². The molecule has 0 spiro atoms. The van der Waals surface area contributed by atoms with Gasteiger partial charge in [0, 0.05) is 0 Å². The van der Waals surface area contributed by atoms with Gasteiger partial charge in [0.1, 0.15) is 0 Å². The van der Waals surface area contributed by atoms with E-state index in [1.807, 2.05) is 0 Å². The zero-order valence-corrected chi connectivity index (χ0v) is 15.3. The van der Waals surface area contributed by atoms with Crippen molar-refractivity contribution in [1.29, 1.82) is 0 Å². The molecular weight excluding hydrogens is 301 g/mol. The summed E-state index contributed by atoms with van der Waals surface area (Å²) < 4.78 is 0. The monoisotopic (exact) mass is 314 g/mol. The molecule has 0 aliphatic carbocycles. The molecule has 0 saturated carbocycles. The van der Waals surface area contributed by atoms with Crippen LogP contribution in [-0.2, 0) is 0 Å². The van der Waals surface area contributed by atoms with E-state index in [2.05, 4.69) is 62.4 Å². The van der Waals surface area contributed by atoms with Crippen LogP contribution in [0.25, 0.3) is 0 Å². The van der Waals surface area contributed by atoms with Crippen molar-refractivity contribution in [2.45, 2.75) is 13.8 Å². The summed E-state index contributed by atoms with van der Waals surface area (Å²) in [6.07, 6.45) is 0. The maximum atomic E-state index is 2.19. The van der Waals surface area contributed by atoms with Crippen LogP contribution >= 0.6 is 8.58 Å². The quantitative estimate of drug-likeness (QED) is 0.382. The molecule has 0 fully saturated rings. The first-order chi connectivity index (χ1) is 7.24. The Morgan fingerprint density at radius 3 is 1.16 bits per heavy atom. The summed E-state index contributed by atoms with van der Waals surface area (Å²) in [6.45, 7) is 4.24. The second-order valence-corrected chi connectivity index (χ2v) is 5.04. The van der Waals surface area contributed by atoms with Gasteiger partial charge in [0.15, 0.2) is 0 Å². The molecular formula is C14H14Cl2LiMgP. The molecule has 0 radical (unpaired) electrons. The van der Waals surface area contributed by atoms with E-state index in [0.717, 1.165) is 0 Å². The van der Waals surface area contributed by atoms with Crippen LogP contribution in [0.5, 0.6) is 0 Å². The Morgan fingerprint density at radius 2 is 0.895 bits per heavy atom. The van der Waals surface area contributed by atoms with Crippen LogP contribution in [0.2, 0.25) is 0 Å². The molecule has 0 aromatic heterocycles. The van der Waals surface area contributed by atoms with Crippen molar-refractivity contribution in [2.75, 3.05) is 0 Å². The van der Waals surface area contributed by atoms with Crippen LogP contribution in [-0.4, -0.2) is 23.1 Å². The fraction of sp³-hybridized carbons (Fsp3) is 0.143. The summed E-state index contributed by atoms with van der Waals surface area (Å²) in [5.74, 6) is 0. The number of rotatable bonds is 2. The average Bonchev–Trinajstić information content (AvgIpc) is 2.25. The molecule has 0 atom stereocenters. The Labute approximate surface area is 158 Å². The van der Waals surface area contributed by atoms with Crippen molar-refractivity contribution in [1.82, 2.24) is 0 Å². The molecule has 19 heavy (non-hydrogen) atoms. The summed E-state index contributed by atoms with van der Waals surface area (Å²) in [5, 5.41) is 2.70. The molecule has 2 aromatic carbocycles. The third kappa shape index (κ3) is 8.64. The molecule has 0 heterocycles. The minimum absolute atomic E-state index is 0. The summed E-state index contributed by atoms with van der Waals surface area (Å²) in [4.78, 5) is 0. The number of hydrogen-bond acceptors (Lipinski definition) is 0. The zero-order valence-electron chi connectivity index (χ0n) is 11.5. The van der Waals surface area contributed by atoms with Gasteiger partial charge in [-0.3, -0.25) is 0 Å². The van der Waals surface area contributed by atoms with E-state index in [4.69, 9.17) is 0 Å². The topological polar surface area (TPSA) is 0 Å². The Balaban J connectivity index is -0.000000640. The maximum Gasteiger partial charge on any atom is 2.00 e. The third-order valence-electron chi connectivity index (χ3n) is 2.33. The molecule has 0 aliphatic rings. The molecule has 0 N–H and O–H groups in total. The molecule has 0 saturated heterocycles. The van der Waals surface area contributed by atoms with Crippen LogP contribution in [0.4, 0.5) is 0 Å². The molecule has 0 unspecified atom stereocenters. The van der Waals surface area contributed by atoms with E-state index in [-0.39, 0.29) is 66.7 Å². The van der Waals surface area contributed by atoms with Gasteiger partial charge in [-0.15, -0.1) is 0 Å².